The summed E-state index contributed by atoms with van der Waals surface area (Å²) in [6.45, 7) is 0. The van der Waals surface area contributed by atoms with Crippen LogP contribution in [-0.2, 0) is 0 Å². The van der Waals surface area contributed by atoms with Gasteiger partial charge in [-0.1, -0.05) is 36.4 Å². The second-order valence-corrected chi connectivity index (χ2v) is 5.35. The summed E-state index contributed by atoms with van der Waals surface area (Å²) in [5.41, 5.74) is 1.07. The Bertz CT molecular complexity index is 609. The molecular weight excluding hydrogens is 238 g/mol. The number of nitrogens with zero attached hydrogens (tertiary/aromatic N) is 1. The zero-order valence-corrected chi connectivity index (χ0v) is 10.3. The molecular formula is C16H13NO2. The van der Waals surface area contributed by atoms with E-state index in [2.05, 4.69) is 6.08 Å². The number of hydrogen-bond acceptors (Lipinski definition) is 2. The summed E-state index contributed by atoms with van der Waals surface area (Å²) in [4.78, 5) is 26.3. The molecule has 3 heteroatoms. The first-order chi connectivity index (χ1) is 9.27. The highest BCUT2D eigenvalue weighted by molar-refractivity contribution is 6.21. The lowest BCUT2D eigenvalue weighted by atomic mass is 10.1. The maximum atomic E-state index is 12.4. The molecule has 1 heterocycles. The van der Waals surface area contributed by atoms with Crippen LogP contribution in [0.4, 0.5) is 0 Å². The smallest absolute Gasteiger partial charge is 0.262 e. The molecule has 1 aromatic carbocycles. The molecule has 3 nitrogen and oxygen atoms in total. The van der Waals surface area contributed by atoms with E-state index in [1.165, 1.54) is 4.90 Å². The average molecular weight is 251 g/mol. The fourth-order valence-corrected chi connectivity index (χ4v) is 3.13. The second-order valence-electron chi connectivity index (χ2n) is 5.35. The van der Waals surface area contributed by atoms with Gasteiger partial charge < -0.3 is 0 Å². The normalized spacial score (nSPS) is 31.2. The topological polar surface area (TPSA) is 37.4 Å². The van der Waals surface area contributed by atoms with Crippen molar-refractivity contribution in [3.05, 3.63) is 59.7 Å². The Morgan fingerprint density at radius 3 is 2.26 bits per heavy atom. The number of carbonyl (C=O) groups excluding carboxylic acids is 2. The van der Waals surface area contributed by atoms with Crippen LogP contribution < -0.4 is 0 Å². The Hall–Kier alpha value is -2.16. The van der Waals surface area contributed by atoms with Crippen molar-refractivity contribution in [1.29, 1.82) is 0 Å². The van der Waals surface area contributed by atoms with Crippen molar-refractivity contribution in [2.75, 3.05) is 0 Å². The Kier molecular flexibility index (Phi) is 2.07. The van der Waals surface area contributed by atoms with Gasteiger partial charge in [-0.15, -0.1) is 0 Å². The van der Waals surface area contributed by atoms with Crippen molar-refractivity contribution in [2.45, 2.75) is 12.5 Å². The van der Waals surface area contributed by atoms with E-state index >= 15 is 0 Å². The van der Waals surface area contributed by atoms with Crippen LogP contribution in [0.15, 0.2) is 48.6 Å². The average Bonchev–Trinajstić information content (AvgIpc) is 3.16. The highest BCUT2D eigenvalue weighted by atomic mass is 16.2. The van der Waals surface area contributed by atoms with Gasteiger partial charge in [0.2, 0.25) is 0 Å². The first kappa shape index (κ1) is 10.7. The van der Waals surface area contributed by atoms with Gasteiger partial charge in [-0.2, -0.15) is 0 Å². The molecule has 0 radical (unpaired) electrons. The monoisotopic (exact) mass is 251 g/mol. The largest absolute Gasteiger partial charge is 0.269 e. The van der Waals surface area contributed by atoms with Gasteiger partial charge in [0.15, 0.2) is 0 Å². The van der Waals surface area contributed by atoms with Gasteiger partial charge in [0.05, 0.1) is 17.2 Å². The molecule has 94 valence electrons. The van der Waals surface area contributed by atoms with Crippen LogP contribution in [0, 0.1) is 11.8 Å². The number of allylic oxidation sites excluding steroid dienone is 3. The summed E-state index contributed by atoms with van der Waals surface area (Å²) >= 11 is 0. The predicted octanol–water partition coefficient (Wildman–Crippen LogP) is 2.41. The Balaban J connectivity index is 1.74. The predicted molar refractivity (Wildman–Crippen MR) is 70.6 cm³/mol. The standard InChI is InChI=1S/C16H13NO2/c18-15-11-6-2-3-7-12(11)16(19)17(15)14-8-4-1-5-10-9-13(10)14/h1-8,10,13-14H,9H2/t10-,13+,14-/m1/s1. The molecule has 0 bridgehead atoms. The summed E-state index contributed by atoms with van der Waals surface area (Å²) in [6, 6.07) is 6.99. The SMILES string of the molecule is O=C1c2ccccc2C(=O)N1[C@@H]1C=CC=C[C@@H]2C[C@@H]21. The van der Waals surface area contributed by atoms with Crippen molar-refractivity contribution in [3.8, 4) is 0 Å². The zero-order chi connectivity index (χ0) is 13.0. The van der Waals surface area contributed by atoms with Crippen LogP contribution in [0.25, 0.3) is 0 Å². The molecule has 2 aliphatic carbocycles. The Morgan fingerprint density at radius 2 is 1.58 bits per heavy atom. The van der Waals surface area contributed by atoms with Gasteiger partial charge >= 0.3 is 0 Å². The number of hydrogen-bond donors (Lipinski definition) is 0. The maximum Gasteiger partial charge on any atom is 0.262 e. The molecule has 1 aromatic rings. The lowest BCUT2D eigenvalue weighted by Gasteiger charge is -2.23. The molecule has 0 N–H and O–H groups in total. The minimum Gasteiger partial charge on any atom is -0.269 e. The number of imide groups is 1. The van der Waals surface area contributed by atoms with E-state index in [0.717, 1.165) is 6.42 Å². The van der Waals surface area contributed by atoms with Crippen LogP contribution >= 0.6 is 0 Å². The molecule has 0 saturated heterocycles. The highest BCUT2D eigenvalue weighted by Gasteiger charge is 2.49. The fourth-order valence-electron chi connectivity index (χ4n) is 3.13. The van der Waals surface area contributed by atoms with Crippen molar-refractivity contribution in [1.82, 2.24) is 4.90 Å². The molecule has 19 heavy (non-hydrogen) atoms. The first-order valence-electron chi connectivity index (χ1n) is 6.59. The van der Waals surface area contributed by atoms with Gasteiger partial charge in [-0.05, 0) is 30.4 Å². The molecule has 2 amide bonds. The molecule has 3 atom stereocenters. The maximum absolute atomic E-state index is 12.4. The molecule has 1 aliphatic heterocycles. The van der Waals surface area contributed by atoms with Crippen molar-refractivity contribution < 1.29 is 9.59 Å². The minimum absolute atomic E-state index is 0.0904. The van der Waals surface area contributed by atoms with Gasteiger partial charge in [0.1, 0.15) is 0 Å². The molecule has 0 aromatic heterocycles. The van der Waals surface area contributed by atoms with Gasteiger partial charge in [-0.3, -0.25) is 14.5 Å². The van der Waals surface area contributed by atoms with E-state index in [1.54, 1.807) is 24.3 Å². The van der Waals surface area contributed by atoms with Crippen LogP contribution in [0.3, 0.4) is 0 Å². The van der Waals surface area contributed by atoms with E-state index in [4.69, 9.17) is 0 Å². The molecule has 0 spiro atoms. The summed E-state index contributed by atoms with van der Waals surface area (Å²) in [5, 5.41) is 0. The molecule has 3 aliphatic rings. The number of benzene rings is 1. The Labute approximate surface area is 111 Å². The van der Waals surface area contributed by atoms with E-state index in [0.29, 0.717) is 23.0 Å². The quantitative estimate of drug-likeness (QED) is 0.719. The summed E-state index contributed by atoms with van der Waals surface area (Å²) in [7, 11) is 0. The zero-order valence-electron chi connectivity index (χ0n) is 10.3. The third kappa shape index (κ3) is 1.44. The highest BCUT2D eigenvalue weighted by Crippen LogP contribution is 2.47. The summed E-state index contributed by atoms with van der Waals surface area (Å²) < 4.78 is 0. The van der Waals surface area contributed by atoms with Crippen LogP contribution in [0.5, 0.6) is 0 Å². The minimum atomic E-state index is -0.150. The number of fused-ring (bicyclic) bond motifs is 2. The lowest BCUT2D eigenvalue weighted by Crippen LogP contribution is -2.40. The molecule has 1 saturated carbocycles. The van der Waals surface area contributed by atoms with Gasteiger partial charge in [0, 0.05) is 0 Å². The van der Waals surface area contributed by atoms with Crippen molar-refractivity contribution >= 4 is 11.8 Å². The second kappa shape index (κ2) is 3.67. The van der Waals surface area contributed by atoms with E-state index in [1.807, 2.05) is 18.2 Å². The van der Waals surface area contributed by atoms with E-state index in [9.17, 15) is 9.59 Å². The van der Waals surface area contributed by atoms with Gasteiger partial charge in [-0.25, -0.2) is 0 Å². The van der Waals surface area contributed by atoms with E-state index < -0.39 is 0 Å². The first-order valence-corrected chi connectivity index (χ1v) is 6.59. The number of carbonyl (C=O) groups is 2. The lowest BCUT2D eigenvalue weighted by molar-refractivity contribution is 0.0598. The van der Waals surface area contributed by atoms with Crippen LogP contribution in [0.1, 0.15) is 27.1 Å². The fraction of sp³-hybridized carbons (Fsp3) is 0.250. The third-order valence-corrected chi connectivity index (χ3v) is 4.23. The third-order valence-electron chi connectivity index (χ3n) is 4.23. The van der Waals surface area contributed by atoms with Crippen LogP contribution in [-0.4, -0.2) is 22.8 Å². The summed E-state index contributed by atoms with van der Waals surface area (Å²) in [5.74, 6) is 0.618. The van der Waals surface area contributed by atoms with Crippen molar-refractivity contribution in [2.24, 2.45) is 11.8 Å². The number of amides is 2. The molecule has 0 unspecified atom stereocenters. The Morgan fingerprint density at radius 1 is 0.947 bits per heavy atom. The number of rotatable bonds is 1. The van der Waals surface area contributed by atoms with Crippen molar-refractivity contribution in [3.63, 3.8) is 0 Å². The summed E-state index contributed by atoms with van der Waals surface area (Å²) in [6.07, 6.45) is 9.18. The van der Waals surface area contributed by atoms with Gasteiger partial charge in [0.25, 0.3) is 11.8 Å². The van der Waals surface area contributed by atoms with Crippen LogP contribution in [0.2, 0.25) is 0 Å². The van der Waals surface area contributed by atoms with E-state index in [-0.39, 0.29) is 17.9 Å². The molecule has 1 fully saturated rings. The molecule has 4 rings (SSSR count).